The molecule has 0 radical (unpaired) electrons. The molecular weight excluding hydrogens is 287 g/mol. The molecular formula is C14H10F3NO3. The average Bonchev–Trinajstić information content (AvgIpc) is 2.44. The Balaban J connectivity index is 2.24. The van der Waals surface area contributed by atoms with Crippen molar-refractivity contribution in [3.63, 3.8) is 0 Å². The van der Waals surface area contributed by atoms with Crippen molar-refractivity contribution in [2.75, 3.05) is 0 Å². The third-order valence-corrected chi connectivity index (χ3v) is 2.72. The Morgan fingerprint density at radius 3 is 2.62 bits per heavy atom. The van der Waals surface area contributed by atoms with Crippen molar-refractivity contribution in [2.24, 2.45) is 0 Å². The third-order valence-electron chi connectivity index (χ3n) is 2.72. The van der Waals surface area contributed by atoms with Gasteiger partial charge in [-0.25, -0.2) is 4.79 Å². The third kappa shape index (κ3) is 3.50. The second-order valence-corrected chi connectivity index (χ2v) is 4.12. The second-order valence-electron chi connectivity index (χ2n) is 4.12. The minimum absolute atomic E-state index is 0.0785. The molecule has 0 spiro atoms. The van der Waals surface area contributed by atoms with Gasteiger partial charge in [0.05, 0.1) is 11.8 Å². The maximum atomic E-state index is 12.8. The van der Waals surface area contributed by atoms with E-state index in [0.29, 0.717) is 0 Å². The van der Waals surface area contributed by atoms with Crippen molar-refractivity contribution < 1.29 is 27.8 Å². The fraction of sp³-hybridized carbons (Fsp3) is 0.143. The largest absolute Gasteiger partial charge is 0.486 e. The van der Waals surface area contributed by atoms with Gasteiger partial charge in [-0.2, -0.15) is 13.2 Å². The van der Waals surface area contributed by atoms with Crippen LogP contribution in [0.25, 0.3) is 0 Å². The van der Waals surface area contributed by atoms with Gasteiger partial charge in [-0.05, 0) is 12.1 Å². The number of ether oxygens (including phenoxy) is 1. The van der Waals surface area contributed by atoms with E-state index in [1.165, 1.54) is 30.5 Å². The lowest BCUT2D eigenvalue weighted by Gasteiger charge is -2.14. The van der Waals surface area contributed by atoms with Gasteiger partial charge < -0.3 is 9.84 Å². The summed E-state index contributed by atoms with van der Waals surface area (Å²) < 4.78 is 43.6. The summed E-state index contributed by atoms with van der Waals surface area (Å²) in [6.45, 7) is -0.401. The van der Waals surface area contributed by atoms with Gasteiger partial charge in [0, 0.05) is 11.8 Å². The summed E-state index contributed by atoms with van der Waals surface area (Å²) in [6.07, 6.45) is -2.08. The molecule has 1 heterocycles. The predicted molar refractivity (Wildman–Crippen MR) is 67.0 cm³/mol. The minimum Gasteiger partial charge on any atom is -0.486 e. The average molecular weight is 297 g/mol. The summed E-state index contributed by atoms with van der Waals surface area (Å²) in [5.74, 6) is -1.32. The first kappa shape index (κ1) is 14.8. The van der Waals surface area contributed by atoms with Gasteiger partial charge >= 0.3 is 12.1 Å². The predicted octanol–water partition coefficient (Wildman–Crippen LogP) is 3.38. The molecule has 0 amide bonds. The van der Waals surface area contributed by atoms with Crippen LogP contribution in [0.4, 0.5) is 13.2 Å². The van der Waals surface area contributed by atoms with E-state index in [9.17, 15) is 18.0 Å². The highest BCUT2D eigenvalue weighted by molar-refractivity contribution is 5.90. The molecule has 0 saturated carbocycles. The molecule has 0 unspecified atom stereocenters. The van der Waals surface area contributed by atoms with E-state index in [2.05, 4.69) is 4.98 Å². The van der Waals surface area contributed by atoms with Crippen LogP contribution < -0.4 is 4.74 Å². The summed E-state index contributed by atoms with van der Waals surface area (Å²) in [5, 5.41) is 8.96. The number of hydrogen-bond donors (Lipinski definition) is 1. The van der Waals surface area contributed by atoms with E-state index < -0.39 is 24.3 Å². The van der Waals surface area contributed by atoms with Crippen LogP contribution in [-0.4, -0.2) is 16.1 Å². The fourth-order valence-corrected chi connectivity index (χ4v) is 1.75. The molecule has 4 nitrogen and oxygen atoms in total. The van der Waals surface area contributed by atoms with Crippen LogP contribution in [-0.2, 0) is 12.8 Å². The molecule has 2 rings (SSSR count). The number of pyridine rings is 1. The quantitative estimate of drug-likeness (QED) is 0.940. The molecule has 0 aliphatic heterocycles. The lowest BCUT2D eigenvalue weighted by atomic mass is 10.1. The molecule has 1 N–H and O–H groups in total. The zero-order valence-electron chi connectivity index (χ0n) is 10.6. The molecule has 0 bridgehead atoms. The van der Waals surface area contributed by atoms with Crippen LogP contribution in [0.2, 0.25) is 0 Å². The Morgan fingerprint density at radius 1 is 1.24 bits per heavy atom. The van der Waals surface area contributed by atoms with Gasteiger partial charge in [0.15, 0.2) is 5.75 Å². The van der Waals surface area contributed by atoms with E-state index in [4.69, 9.17) is 9.84 Å². The zero-order valence-corrected chi connectivity index (χ0v) is 10.6. The number of carbonyl (C=O) groups is 1. The molecule has 110 valence electrons. The molecule has 0 fully saturated rings. The Labute approximate surface area is 117 Å². The van der Waals surface area contributed by atoms with Gasteiger partial charge in [0.1, 0.15) is 12.2 Å². The molecule has 1 aromatic carbocycles. The summed E-state index contributed by atoms with van der Waals surface area (Å²) in [7, 11) is 0. The molecule has 7 heteroatoms. The van der Waals surface area contributed by atoms with E-state index in [-0.39, 0.29) is 16.9 Å². The zero-order chi connectivity index (χ0) is 15.5. The van der Waals surface area contributed by atoms with Crippen LogP contribution >= 0.6 is 0 Å². The number of aromatic nitrogens is 1. The van der Waals surface area contributed by atoms with Crippen molar-refractivity contribution >= 4 is 5.97 Å². The smallest absolute Gasteiger partial charge is 0.416 e. The van der Waals surface area contributed by atoms with Gasteiger partial charge in [-0.1, -0.05) is 18.2 Å². The summed E-state index contributed by atoms with van der Waals surface area (Å²) in [5.41, 5.74) is -1.05. The van der Waals surface area contributed by atoms with E-state index in [0.717, 1.165) is 12.3 Å². The molecule has 2 aromatic rings. The number of aromatic carboxylic acids is 1. The molecule has 0 atom stereocenters. The van der Waals surface area contributed by atoms with Crippen molar-refractivity contribution in [3.05, 3.63) is 59.4 Å². The number of rotatable bonds is 4. The van der Waals surface area contributed by atoms with Crippen molar-refractivity contribution in [1.29, 1.82) is 0 Å². The van der Waals surface area contributed by atoms with Crippen molar-refractivity contribution in [2.45, 2.75) is 12.8 Å². The SMILES string of the molecule is O=C(O)c1ccncc1OCc1ccccc1C(F)(F)F. The lowest BCUT2D eigenvalue weighted by molar-refractivity contribution is -0.138. The van der Waals surface area contributed by atoms with Crippen molar-refractivity contribution in [1.82, 2.24) is 4.98 Å². The van der Waals surface area contributed by atoms with Crippen molar-refractivity contribution in [3.8, 4) is 5.75 Å². The maximum Gasteiger partial charge on any atom is 0.416 e. The summed E-state index contributed by atoms with van der Waals surface area (Å²) in [6, 6.07) is 6.17. The second kappa shape index (κ2) is 5.82. The highest BCUT2D eigenvalue weighted by atomic mass is 19.4. The monoisotopic (exact) mass is 297 g/mol. The molecule has 0 aliphatic rings. The molecule has 0 saturated heterocycles. The number of halogens is 3. The van der Waals surface area contributed by atoms with Crippen LogP contribution in [0.15, 0.2) is 42.7 Å². The van der Waals surface area contributed by atoms with Gasteiger partial charge in [0.25, 0.3) is 0 Å². The molecule has 21 heavy (non-hydrogen) atoms. The van der Waals surface area contributed by atoms with Crippen LogP contribution in [0, 0.1) is 0 Å². The number of nitrogens with zero attached hydrogens (tertiary/aromatic N) is 1. The highest BCUT2D eigenvalue weighted by Gasteiger charge is 2.33. The van der Waals surface area contributed by atoms with Crippen LogP contribution in [0.1, 0.15) is 21.5 Å². The van der Waals surface area contributed by atoms with E-state index in [1.807, 2.05) is 0 Å². The van der Waals surface area contributed by atoms with E-state index in [1.54, 1.807) is 0 Å². The van der Waals surface area contributed by atoms with Gasteiger partial charge in [-0.3, -0.25) is 4.98 Å². The van der Waals surface area contributed by atoms with Crippen LogP contribution in [0.3, 0.4) is 0 Å². The Morgan fingerprint density at radius 2 is 1.95 bits per heavy atom. The number of carboxylic acids is 1. The molecule has 0 aliphatic carbocycles. The molecule has 1 aromatic heterocycles. The first-order chi connectivity index (χ1) is 9.89. The minimum atomic E-state index is -4.50. The lowest BCUT2D eigenvalue weighted by Crippen LogP contribution is -2.11. The van der Waals surface area contributed by atoms with Gasteiger partial charge in [0.2, 0.25) is 0 Å². The summed E-state index contributed by atoms with van der Waals surface area (Å²) >= 11 is 0. The van der Waals surface area contributed by atoms with Crippen LogP contribution in [0.5, 0.6) is 5.75 Å². The Hall–Kier alpha value is -2.57. The number of hydrogen-bond acceptors (Lipinski definition) is 3. The normalized spacial score (nSPS) is 11.2. The number of alkyl halides is 3. The first-order valence-corrected chi connectivity index (χ1v) is 5.85. The Kier molecular flexibility index (Phi) is 4.11. The standard InChI is InChI=1S/C14H10F3NO3/c15-14(16,17)11-4-2-1-3-9(11)8-21-12-7-18-6-5-10(12)13(19)20/h1-7H,8H2,(H,19,20). The highest BCUT2D eigenvalue weighted by Crippen LogP contribution is 2.32. The Bertz CT molecular complexity index is 656. The topological polar surface area (TPSA) is 59.4 Å². The maximum absolute atomic E-state index is 12.8. The number of benzene rings is 1. The van der Waals surface area contributed by atoms with Gasteiger partial charge in [-0.15, -0.1) is 0 Å². The first-order valence-electron chi connectivity index (χ1n) is 5.85. The van der Waals surface area contributed by atoms with E-state index >= 15 is 0 Å². The number of carboxylic acid groups (broad SMARTS) is 1. The summed E-state index contributed by atoms with van der Waals surface area (Å²) in [4.78, 5) is 14.7. The fourth-order valence-electron chi connectivity index (χ4n) is 1.75.